The maximum atomic E-state index is 13.7. The Kier molecular flexibility index (Phi) is 17.8. The molecule has 0 spiro atoms. The molecule has 10 aromatic rings. The van der Waals surface area contributed by atoms with Crippen molar-refractivity contribution in [2.75, 3.05) is 34.6 Å². The zero-order valence-corrected chi connectivity index (χ0v) is 47.5. The summed E-state index contributed by atoms with van der Waals surface area (Å²) in [7, 11) is -8.53. The van der Waals surface area contributed by atoms with Crippen LogP contribution in [-0.2, 0) is 19.7 Å². The Morgan fingerprint density at radius 1 is 0.588 bits per heavy atom. The highest BCUT2D eigenvalue weighted by Crippen LogP contribution is 2.33. The highest BCUT2D eigenvalue weighted by atomic mass is 79.9. The number of nitrogens with one attached hydrogen (secondary N) is 2. The van der Waals surface area contributed by atoms with Gasteiger partial charge in [0.05, 0.1) is 47.2 Å². The molecule has 6 heterocycles. The van der Waals surface area contributed by atoms with E-state index in [1.807, 2.05) is 105 Å². The van der Waals surface area contributed by atoms with Crippen molar-refractivity contribution in [3.63, 3.8) is 0 Å². The van der Waals surface area contributed by atoms with Crippen molar-refractivity contribution in [3.8, 4) is 22.5 Å². The number of sulfone groups is 2. The number of nitrogens with zero attached hydrogens (tertiary/aromatic N) is 8. The van der Waals surface area contributed by atoms with Crippen LogP contribution in [0.1, 0.15) is 37.3 Å². The first-order valence-corrected chi connectivity index (χ1v) is 29.2. The second kappa shape index (κ2) is 24.5. The number of anilines is 4. The van der Waals surface area contributed by atoms with Crippen LogP contribution in [0, 0.1) is 0 Å². The van der Waals surface area contributed by atoms with Gasteiger partial charge in [0.15, 0.2) is 19.7 Å². The van der Waals surface area contributed by atoms with E-state index < -0.39 is 32.8 Å². The monoisotopic (exact) mass is 1220 g/mol. The number of nitrogens with two attached hydrogens (primary N) is 2. The molecule has 0 bridgehead atoms. The molecule has 80 heavy (non-hydrogen) atoms. The first kappa shape index (κ1) is 58.1. The van der Waals surface area contributed by atoms with Crippen molar-refractivity contribution < 1.29 is 26.9 Å². The largest absolute Gasteiger partial charge is 0.490 e. The second-order valence-corrected chi connectivity index (χ2v) is 23.6. The van der Waals surface area contributed by atoms with E-state index in [4.69, 9.17) is 44.7 Å². The molecule has 0 amide bonds. The smallest absolute Gasteiger partial charge is 0.423 e. The third kappa shape index (κ3) is 13.3. The van der Waals surface area contributed by atoms with Gasteiger partial charge in [0, 0.05) is 89.0 Å². The minimum Gasteiger partial charge on any atom is -0.423 e. The molecule has 0 radical (unpaired) electrons. The zero-order valence-electron chi connectivity index (χ0n) is 42.8. The van der Waals surface area contributed by atoms with Gasteiger partial charge in [-0.2, -0.15) is 9.97 Å². The molecule has 2 atom stereocenters. The number of halogens is 3. The molecule has 10 rings (SSSR count). The summed E-state index contributed by atoms with van der Waals surface area (Å²) in [5, 5.41) is 27.3. The summed E-state index contributed by atoms with van der Waals surface area (Å²) in [5.74, 6) is 1.09. The molecule has 0 saturated heterocycles. The lowest BCUT2D eigenvalue weighted by atomic mass is 9.82. The van der Waals surface area contributed by atoms with Gasteiger partial charge in [0.1, 0.15) is 11.6 Å². The third-order valence-corrected chi connectivity index (χ3v) is 15.5. The van der Waals surface area contributed by atoms with Crippen molar-refractivity contribution >= 4 is 116 Å². The van der Waals surface area contributed by atoms with E-state index >= 15 is 0 Å². The molecule has 408 valence electrons. The fourth-order valence-electron chi connectivity index (χ4n) is 8.31. The van der Waals surface area contributed by atoms with Gasteiger partial charge in [-0.3, -0.25) is 28.7 Å². The summed E-state index contributed by atoms with van der Waals surface area (Å²) in [6.45, 7) is 3.84. The molecule has 0 aliphatic heterocycles. The number of rotatable bonds is 12. The van der Waals surface area contributed by atoms with Gasteiger partial charge in [0.2, 0.25) is 11.9 Å². The van der Waals surface area contributed by atoms with Gasteiger partial charge >= 0.3 is 7.12 Å². The van der Waals surface area contributed by atoms with E-state index in [9.17, 15) is 26.4 Å². The normalized spacial score (nSPS) is 12.1. The highest BCUT2D eigenvalue weighted by Gasteiger charge is 2.23. The van der Waals surface area contributed by atoms with Gasteiger partial charge in [-0.15, -0.1) is 0 Å². The Morgan fingerprint density at radius 3 is 1.52 bits per heavy atom. The van der Waals surface area contributed by atoms with Crippen molar-refractivity contribution in [2.45, 2.75) is 35.7 Å². The fourth-order valence-corrected chi connectivity index (χ4v) is 10.3. The van der Waals surface area contributed by atoms with Crippen LogP contribution in [0.2, 0.25) is 10.0 Å². The van der Waals surface area contributed by atoms with E-state index in [0.717, 1.165) is 35.5 Å². The quantitative estimate of drug-likeness (QED) is 0.0636. The number of aromatic nitrogens is 8. The number of hydrogen-bond donors (Lipinski definition) is 6. The molecule has 4 aromatic carbocycles. The van der Waals surface area contributed by atoms with Gasteiger partial charge in [-0.25, -0.2) is 26.8 Å². The Labute approximate surface area is 477 Å². The Morgan fingerprint density at radius 2 is 1.04 bits per heavy atom. The van der Waals surface area contributed by atoms with Crippen LogP contribution in [-0.4, -0.2) is 85.6 Å². The number of fused-ring (bicyclic) bond motifs is 2. The molecular weight excluding hydrogens is 1170 g/mol. The van der Waals surface area contributed by atoms with Crippen LogP contribution < -0.4 is 38.7 Å². The lowest BCUT2D eigenvalue weighted by Gasteiger charge is -2.22. The van der Waals surface area contributed by atoms with E-state index in [1.165, 1.54) is 36.9 Å². The molecule has 0 aliphatic rings. The summed E-state index contributed by atoms with van der Waals surface area (Å²) in [4.78, 5) is 51.6. The first-order valence-electron chi connectivity index (χ1n) is 23.9. The van der Waals surface area contributed by atoms with Gasteiger partial charge in [-0.1, -0.05) is 83.9 Å². The minimum atomic E-state index is -3.48. The van der Waals surface area contributed by atoms with E-state index in [2.05, 4.69) is 56.5 Å². The molecule has 0 fully saturated rings. The van der Waals surface area contributed by atoms with Crippen LogP contribution in [0.3, 0.4) is 0 Å². The minimum absolute atomic E-state index is 0.0291. The van der Waals surface area contributed by atoms with E-state index in [0.29, 0.717) is 64.8 Å². The standard InChI is InChI=1S/C27H23ClN6O3S.C21H17BrClN5O.C6H8BNO4S/c1-16(32-25-21(15-31-27(29)33-25)18-11-20(14-30-13-18)38(2,36)37)23-12-17-7-6-10-22(28)24(17)26(35)34(23)19-8-4-3-5-9-19;1-12(26-19-15(22)11-25-21(24)27-19)17-10-13-6-5-9-16(23)18(13)20(29)28(17)14-7-3-2-4-8-14;1-13(11,12)6-2-5(7(9)10)3-8-4-6/h3-16H,1-2H3,(H3,29,31,32,33);2-12H,1H3,(H3,24,25,26,27);2-4,9-10H,1H3/t16-;12-;/m00./s1. The number of nitrogen functional groups attached to an aromatic ring is 2. The van der Waals surface area contributed by atoms with Crippen LogP contribution >= 0.6 is 39.1 Å². The lowest BCUT2D eigenvalue weighted by molar-refractivity contribution is 0.425. The second-order valence-electron chi connectivity index (χ2n) is 17.9. The summed E-state index contributed by atoms with van der Waals surface area (Å²) in [6, 6.07) is 35.3. The van der Waals surface area contributed by atoms with Crippen LogP contribution in [0.15, 0.2) is 182 Å². The first-order chi connectivity index (χ1) is 38.0. The molecule has 0 saturated carbocycles. The van der Waals surface area contributed by atoms with Crippen LogP contribution in [0.4, 0.5) is 23.5 Å². The molecule has 0 aliphatic carbocycles. The zero-order chi connectivity index (χ0) is 57.6. The predicted octanol–water partition coefficient (Wildman–Crippen LogP) is 7.77. The van der Waals surface area contributed by atoms with Crippen molar-refractivity contribution in [1.29, 1.82) is 0 Å². The number of hydrogen-bond acceptors (Lipinski definition) is 18. The maximum Gasteiger partial charge on any atom is 0.490 e. The SMILES string of the molecule is CS(=O)(=O)c1cncc(B(O)O)c1.C[C@H](Nc1nc(N)ncc1-c1cncc(S(C)(=O)=O)c1)c1cc2cccc(Cl)c2c(=O)n1-c1ccccc1.C[C@H](Nc1nc(N)ncc1Br)c1cc2cccc(Cl)c2c(=O)n1-c1ccccc1. The average Bonchev–Trinajstić information content (AvgIpc) is 3.50. The summed E-state index contributed by atoms with van der Waals surface area (Å²) >= 11 is 16.2. The van der Waals surface area contributed by atoms with Crippen LogP contribution in [0.25, 0.3) is 44.0 Å². The average molecular weight is 1220 g/mol. The van der Waals surface area contributed by atoms with Crippen molar-refractivity contribution in [2.24, 2.45) is 0 Å². The third-order valence-electron chi connectivity index (χ3n) is 12.2. The van der Waals surface area contributed by atoms with E-state index in [-0.39, 0.29) is 44.3 Å². The van der Waals surface area contributed by atoms with Gasteiger partial charge in [-0.05, 0) is 101 Å². The summed E-state index contributed by atoms with van der Waals surface area (Å²) in [5.41, 5.74) is 15.1. The van der Waals surface area contributed by atoms with Gasteiger partial charge in [0.25, 0.3) is 11.1 Å². The number of pyridine rings is 4. The lowest BCUT2D eigenvalue weighted by Crippen LogP contribution is -2.30. The fraction of sp³-hybridized carbons (Fsp3) is 0.111. The van der Waals surface area contributed by atoms with Gasteiger partial charge < -0.3 is 32.1 Å². The number of benzene rings is 4. The molecule has 8 N–H and O–H groups in total. The van der Waals surface area contributed by atoms with Crippen molar-refractivity contribution in [3.05, 3.63) is 205 Å². The Hall–Kier alpha value is -8.10. The predicted molar refractivity (Wildman–Crippen MR) is 317 cm³/mol. The topological polar surface area (TPSA) is 306 Å². The maximum absolute atomic E-state index is 13.7. The molecule has 0 unspecified atom stereocenters. The van der Waals surface area contributed by atoms with E-state index in [1.54, 1.807) is 33.5 Å². The molecule has 6 aromatic heterocycles. The molecule has 20 nitrogen and oxygen atoms in total. The van der Waals surface area contributed by atoms with Crippen LogP contribution in [0.5, 0.6) is 0 Å². The molecule has 26 heteroatoms. The Balaban J connectivity index is 0.000000176. The Bertz CT molecular complexity index is 4310. The highest BCUT2D eigenvalue weighted by molar-refractivity contribution is 9.10. The van der Waals surface area contributed by atoms with Crippen molar-refractivity contribution in [1.82, 2.24) is 39.0 Å². The number of para-hydroxylation sites is 2. The molecular formula is C54H48BBrCl2N12O8S2. The summed E-state index contributed by atoms with van der Waals surface area (Å²) in [6.07, 6.45) is 10.4. The summed E-state index contributed by atoms with van der Waals surface area (Å²) < 4.78 is 50.2.